The van der Waals surface area contributed by atoms with Crippen molar-refractivity contribution in [3.05, 3.63) is 124 Å². The van der Waals surface area contributed by atoms with Gasteiger partial charge in [0.05, 0.1) is 24.6 Å². The Morgan fingerprint density at radius 3 is 1.67 bits per heavy atom. The lowest BCUT2D eigenvalue weighted by atomic mass is 9.89. The summed E-state index contributed by atoms with van der Waals surface area (Å²) in [6.07, 6.45) is 2.72. The Morgan fingerprint density at radius 2 is 1.20 bits per heavy atom. The van der Waals surface area contributed by atoms with Crippen LogP contribution >= 0.6 is 0 Å². The zero-order valence-corrected chi connectivity index (χ0v) is 27.8. The van der Waals surface area contributed by atoms with Crippen molar-refractivity contribution < 1.29 is 18.1 Å². The fourth-order valence-corrected chi connectivity index (χ4v) is 6.71. The quantitative estimate of drug-likeness (QED) is 0.140. The van der Waals surface area contributed by atoms with E-state index in [2.05, 4.69) is 20.8 Å². The Labute approximate surface area is 272 Å². The topological polar surface area (TPSA) is 35.8 Å². The smallest absolute Gasteiger partial charge is 0.494 e. The molecule has 0 aliphatic carbocycles. The van der Waals surface area contributed by atoms with E-state index in [1.807, 2.05) is 99.6 Å². The van der Waals surface area contributed by atoms with Gasteiger partial charge < -0.3 is 14.0 Å². The van der Waals surface area contributed by atoms with Crippen LogP contribution in [0.15, 0.2) is 101 Å². The van der Waals surface area contributed by atoms with E-state index in [-0.39, 0.29) is 0 Å². The summed E-state index contributed by atoms with van der Waals surface area (Å²) in [5, 5.41) is 0. The van der Waals surface area contributed by atoms with Crippen LogP contribution in [0.3, 0.4) is 0 Å². The second-order valence-electron chi connectivity index (χ2n) is 11.1. The summed E-state index contributed by atoms with van der Waals surface area (Å²) in [4.78, 5) is 5.34. The van der Waals surface area contributed by atoms with Crippen LogP contribution < -0.4 is 9.47 Å². The van der Waals surface area contributed by atoms with Crippen molar-refractivity contribution in [3.63, 3.8) is 0 Å². The zero-order valence-electron chi connectivity index (χ0n) is 27.8. The number of hydrogen-bond acceptors (Lipinski definition) is 3. The molecule has 0 saturated heterocycles. The highest BCUT2D eigenvalue weighted by molar-refractivity contribution is 6.42. The molecule has 0 fully saturated rings. The molecule has 3 aromatic carbocycles. The first-order valence-electron chi connectivity index (χ1n) is 16.5. The SMILES string of the molecule is CCOc1ccc(C2=N/C(=C(/c3ccccc3)c3c(CC)c(CC)c(-c4ccc(OCC)cc4)n3B(F)F)C(CC)=C2CC)cc1. The molecule has 0 unspecified atom stereocenters. The molecule has 0 N–H and O–H groups in total. The molecule has 0 radical (unpaired) electrons. The van der Waals surface area contributed by atoms with Gasteiger partial charge in [0, 0.05) is 22.5 Å². The number of hydrogen-bond donors (Lipinski definition) is 0. The van der Waals surface area contributed by atoms with Crippen LogP contribution in [0.1, 0.15) is 82.3 Å². The van der Waals surface area contributed by atoms with E-state index in [0.29, 0.717) is 37.4 Å². The van der Waals surface area contributed by atoms with Crippen molar-refractivity contribution in [3.8, 4) is 22.8 Å². The maximum atomic E-state index is 15.6. The Hall–Kier alpha value is -4.39. The highest BCUT2D eigenvalue weighted by atomic mass is 19.2. The predicted octanol–water partition coefficient (Wildman–Crippen LogP) is 10.2. The Morgan fingerprint density at radius 1 is 0.652 bits per heavy atom. The van der Waals surface area contributed by atoms with Gasteiger partial charge in [-0.15, -0.1) is 0 Å². The fourth-order valence-electron chi connectivity index (χ4n) is 6.71. The van der Waals surface area contributed by atoms with Gasteiger partial charge in [-0.25, -0.2) is 4.99 Å². The molecule has 7 heteroatoms. The third-order valence-corrected chi connectivity index (χ3v) is 8.60. The van der Waals surface area contributed by atoms with Crippen molar-refractivity contribution >= 4 is 18.7 Å². The molecule has 1 aliphatic heterocycles. The molecule has 46 heavy (non-hydrogen) atoms. The summed E-state index contributed by atoms with van der Waals surface area (Å²) in [7, 11) is -2.77. The first-order chi connectivity index (χ1) is 22.4. The van der Waals surface area contributed by atoms with E-state index >= 15 is 8.63 Å². The van der Waals surface area contributed by atoms with E-state index in [0.717, 1.165) is 80.3 Å². The number of halogens is 2. The first kappa shape index (κ1) is 33.0. The number of rotatable bonds is 13. The van der Waals surface area contributed by atoms with Crippen LogP contribution in [0, 0.1) is 0 Å². The number of nitrogens with zero attached hydrogens (tertiary/aromatic N) is 2. The summed E-state index contributed by atoms with van der Waals surface area (Å²) >= 11 is 0. The third kappa shape index (κ3) is 6.20. The monoisotopic (exact) mass is 620 g/mol. The third-order valence-electron chi connectivity index (χ3n) is 8.60. The predicted molar refractivity (Wildman–Crippen MR) is 187 cm³/mol. The van der Waals surface area contributed by atoms with E-state index < -0.39 is 7.40 Å². The van der Waals surface area contributed by atoms with E-state index in [9.17, 15) is 0 Å². The van der Waals surface area contributed by atoms with Crippen LogP contribution in [-0.4, -0.2) is 30.8 Å². The van der Waals surface area contributed by atoms with Gasteiger partial charge in [-0.05, 0) is 121 Å². The molecule has 0 atom stereocenters. The summed E-state index contributed by atoms with van der Waals surface area (Å²) in [5.74, 6) is 1.52. The maximum absolute atomic E-state index is 15.6. The molecule has 2 heterocycles. The molecule has 0 saturated carbocycles. The van der Waals surface area contributed by atoms with Crippen LogP contribution in [0.25, 0.3) is 16.8 Å². The second-order valence-corrected chi connectivity index (χ2v) is 11.1. The minimum atomic E-state index is -2.77. The van der Waals surface area contributed by atoms with E-state index in [1.165, 1.54) is 4.48 Å². The molecule has 0 amide bonds. The maximum Gasteiger partial charge on any atom is 0.678 e. The largest absolute Gasteiger partial charge is 0.678 e. The average molecular weight is 621 g/mol. The molecular weight excluding hydrogens is 577 g/mol. The lowest BCUT2D eigenvalue weighted by molar-refractivity contribution is 0.340. The minimum Gasteiger partial charge on any atom is -0.494 e. The van der Waals surface area contributed by atoms with Gasteiger partial charge in [0.25, 0.3) is 0 Å². The number of aliphatic imine (C=N–C) groups is 1. The van der Waals surface area contributed by atoms with E-state index in [1.54, 1.807) is 0 Å². The zero-order chi connectivity index (χ0) is 32.8. The van der Waals surface area contributed by atoms with Gasteiger partial charge >= 0.3 is 7.40 Å². The molecule has 5 rings (SSSR count). The van der Waals surface area contributed by atoms with Crippen molar-refractivity contribution in [2.24, 2.45) is 4.99 Å². The second kappa shape index (κ2) is 14.8. The van der Waals surface area contributed by atoms with Crippen LogP contribution in [0.2, 0.25) is 0 Å². The molecule has 0 spiro atoms. The van der Waals surface area contributed by atoms with Gasteiger partial charge in [0.2, 0.25) is 0 Å². The van der Waals surface area contributed by atoms with Crippen molar-refractivity contribution in [1.82, 2.24) is 4.48 Å². The summed E-state index contributed by atoms with van der Waals surface area (Å²) in [6, 6.07) is 25.4. The molecule has 238 valence electrons. The van der Waals surface area contributed by atoms with Gasteiger partial charge in [-0.2, -0.15) is 0 Å². The van der Waals surface area contributed by atoms with Gasteiger partial charge in [-0.3, -0.25) is 8.63 Å². The molecule has 0 bridgehead atoms. The van der Waals surface area contributed by atoms with Crippen molar-refractivity contribution in [2.45, 2.75) is 67.2 Å². The number of benzene rings is 3. The number of ether oxygens (including phenoxy) is 2. The van der Waals surface area contributed by atoms with Gasteiger partial charge in [-0.1, -0.05) is 58.0 Å². The van der Waals surface area contributed by atoms with Crippen molar-refractivity contribution in [1.29, 1.82) is 0 Å². The van der Waals surface area contributed by atoms with Gasteiger partial charge in [0.1, 0.15) is 11.5 Å². The fraction of sp³-hybridized carbons (Fsp3) is 0.308. The van der Waals surface area contributed by atoms with Crippen LogP contribution in [0.4, 0.5) is 8.63 Å². The number of aromatic nitrogens is 1. The van der Waals surface area contributed by atoms with Crippen LogP contribution in [0.5, 0.6) is 11.5 Å². The molecule has 4 nitrogen and oxygen atoms in total. The molecular formula is C39H43BF2N2O2. The Kier molecular flexibility index (Phi) is 10.6. The summed E-state index contributed by atoms with van der Waals surface area (Å²) in [6.45, 7) is 13.4. The van der Waals surface area contributed by atoms with Crippen molar-refractivity contribution in [2.75, 3.05) is 13.2 Å². The van der Waals surface area contributed by atoms with Gasteiger partial charge in [0.15, 0.2) is 0 Å². The summed E-state index contributed by atoms with van der Waals surface area (Å²) in [5.41, 5.74) is 10.2. The molecule has 4 aromatic rings. The first-order valence-corrected chi connectivity index (χ1v) is 16.5. The molecule has 1 aromatic heterocycles. The standard InChI is InChI=1S/C39H43BF2N2O2/c1-7-31-32(8-2)37(43-36(31)27-18-22-29(23-19-27)45-11-5)35(26-16-14-13-15-17-26)39-34(10-4)33(9-3)38(44(39)40(41)42)28-20-24-30(25-21-28)46-12-6/h13-25H,7-12H2,1-6H3/b37-35-. The highest BCUT2D eigenvalue weighted by Crippen LogP contribution is 2.45. The summed E-state index contributed by atoms with van der Waals surface area (Å²) < 4.78 is 43.9. The number of allylic oxidation sites excluding steroid dienone is 2. The minimum absolute atomic E-state index is 0.539. The normalized spacial score (nSPS) is 14.0. The average Bonchev–Trinajstić information content (AvgIpc) is 3.62. The van der Waals surface area contributed by atoms with Crippen LogP contribution in [-0.2, 0) is 12.8 Å². The highest BCUT2D eigenvalue weighted by Gasteiger charge is 2.35. The Bertz CT molecular complexity index is 1750. The Balaban J connectivity index is 1.87. The van der Waals surface area contributed by atoms with E-state index in [4.69, 9.17) is 14.5 Å². The molecule has 1 aliphatic rings. The lowest BCUT2D eigenvalue weighted by Crippen LogP contribution is -2.18. The lowest BCUT2D eigenvalue weighted by Gasteiger charge is -2.18.